The number of aliphatic hydroxyl groups excluding tert-OH is 1. The molecule has 37 heavy (non-hydrogen) atoms. The van der Waals surface area contributed by atoms with Gasteiger partial charge in [0.05, 0.1) is 47.2 Å². The lowest BCUT2D eigenvalue weighted by Gasteiger charge is -2.14. The molecule has 15 heteroatoms. The Morgan fingerprint density at radius 2 is 2.00 bits per heavy atom. The summed E-state index contributed by atoms with van der Waals surface area (Å²) in [4.78, 5) is 31.5. The second-order valence-electron chi connectivity index (χ2n) is 7.66. The average Bonchev–Trinajstić information content (AvgIpc) is 3.52. The first-order valence-corrected chi connectivity index (χ1v) is 10.8. The first kappa shape index (κ1) is 24.1. The molecule has 0 unspecified atom stereocenters. The molecule has 4 aromatic heterocycles. The third-order valence-electron chi connectivity index (χ3n) is 5.30. The summed E-state index contributed by atoms with van der Waals surface area (Å²) in [5.74, 6) is -0.979. The van der Waals surface area contributed by atoms with Crippen LogP contribution in [-0.2, 0) is 12.8 Å². The number of nitrogens with zero attached hydrogens (tertiary/aromatic N) is 6. The Morgan fingerprint density at radius 3 is 2.70 bits per heavy atom. The molecule has 0 atom stereocenters. The van der Waals surface area contributed by atoms with Gasteiger partial charge in [-0.15, -0.1) is 5.10 Å². The van der Waals surface area contributed by atoms with Crippen molar-refractivity contribution in [1.29, 1.82) is 0 Å². The fourth-order valence-corrected chi connectivity index (χ4v) is 3.95. The Labute approximate surface area is 209 Å². The number of aromatic amines is 1. The topological polar surface area (TPSA) is 144 Å². The van der Waals surface area contributed by atoms with E-state index in [1.165, 1.54) is 53.6 Å². The number of pyridine rings is 2. The van der Waals surface area contributed by atoms with Gasteiger partial charge in [-0.3, -0.25) is 9.59 Å². The van der Waals surface area contributed by atoms with E-state index in [1.54, 1.807) is 0 Å². The van der Waals surface area contributed by atoms with Crippen LogP contribution in [0.15, 0.2) is 59.9 Å². The number of benzene rings is 1. The molecule has 0 fully saturated rings. The van der Waals surface area contributed by atoms with E-state index >= 15 is 0 Å². The van der Waals surface area contributed by atoms with E-state index in [0.29, 0.717) is 4.68 Å². The molecule has 3 N–H and O–H groups in total. The number of fused-ring (bicyclic) bond motifs is 1. The number of aromatic nitrogens is 7. The summed E-state index contributed by atoms with van der Waals surface area (Å²) in [6, 6.07) is 6.97. The first-order chi connectivity index (χ1) is 17.7. The second-order valence-corrected chi connectivity index (χ2v) is 8.06. The molecular formula is C22H14ClF3N8O3. The van der Waals surface area contributed by atoms with Crippen LogP contribution in [0.1, 0.15) is 21.7 Å². The van der Waals surface area contributed by atoms with Gasteiger partial charge in [-0.25, -0.2) is 14.3 Å². The third kappa shape index (κ3) is 4.43. The lowest BCUT2D eigenvalue weighted by Crippen LogP contribution is -2.21. The van der Waals surface area contributed by atoms with Gasteiger partial charge in [0.25, 0.3) is 11.5 Å². The smallest absolute Gasteiger partial charge is 0.390 e. The van der Waals surface area contributed by atoms with Gasteiger partial charge >= 0.3 is 6.18 Å². The van der Waals surface area contributed by atoms with Crippen LogP contribution in [0.5, 0.6) is 0 Å². The van der Waals surface area contributed by atoms with Crippen LogP contribution in [0.25, 0.3) is 22.3 Å². The number of anilines is 1. The Balaban J connectivity index is 1.51. The Bertz CT molecular complexity index is 1710. The van der Waals surface area contributed by atoms with E-state index in [4.69, 9.17) is 16.7 Å². The van der Waals surface area contributed by atoms with E-state index < -0.39 is 28.9 Å². The van der Waals surface area contributed by atoms with Crippen molar-refractivity contribution in [3.63, 3.8) is 0 Å². The van der Waals surface area contributed by atoms with Gasteiger partial charge in [-0.1, -0.05) is 22.9 Å². The Kier molecular flexibility index (Phi) is 5.97. The van der Waals surface area contributed by atoms with Gasteiger partial charge < -0.3 is 15.4 Å². The molecule has 0 saturated carbocycles. The molecule has 0 aliphatic rings. The number of amides is 1. The zero-order valence-corrected chi connectivity index (χ0v) is 19.1. The highest BCUT2D eigenvalue weighted by atomic mass is 35.5. The molecule has 1 aromatic carbocycles. The first-order valence-electron chi connectivity index (χ1n) is 10.4. The zero-order chi connectivity index (χ0) is 26.3. The van der Waals surface area contributed by atoms with Crippen LogP contribution in [0.2, 0.25) is 5.02 Å². The summed E-state index contributed by atoms with van der Waals surface area (Å²) in [5, 5.41) is 23.1. The van der Waals surface area contributed by atoms with Gasteiger partial charge in [0.1, 0.15) is 5.69 Å². The SMILES string of the molecule is O=C(Nc1cnc(-n2cc(CO)nn2)c(Cl)c1)c1cnn(-c2cccc3c(=O)[nH]ccc23)c1C(F)(F)F. The van der Waals surface area contributed by atoms with Gasteiger partial charge in [-0.05, 0) is 24.3 Å². The lowest BCUT2D eigenvalue weighted by molar-refractivity contribution is -0.143. The molecule has 0 saturated heterocycles. The fourth-order valence-electron chi connectivity index (χ4n) is 3.70. The highest BCUT2D eigenvalue weighted by Crippen LogP contribution is 2.35. The van der Waals surface area contributed by atoms with Crippen LogP contribution in [0.3, 0.4) is 0 Å². The monoisotopic (exact) mass is 530 g/mol. The molecule has 5 aromatic rings. The second kappa shape index (κ2) is 9.15. The maximum absolute atomic E-state index is 14.2. The summed E-state index contributed by atoms with van der Waals surface area (Å²) in [5.41, 5.74) is -2.31. The van der Waals surface area contributed by atoms with Gasteiger partial charge in [-0.2, -0.15) is 18.3 Å². The number of rotatable bonds is 5. The van der Waals surface area contributed by atoms with Crippen LogP contribution >= 0.6 is 11.6 Å². The third-order valence-corrected chi connectivity index (χ3v) is 5.58. The molecule has 4 heterocycles. The predicted octanol–water partition coefficient (Wildman–Crippen LogP) is 3.11. The lowest BCUT2D eigenvalue weighted by atomic mass is 10.1. The number of nitrogens with one attached hydrogen (secondary N) is 2. The van der Waals surface area contributed by atoms with Crippen molar-refractivity contribution in [2.24, 2.45) is 0 Å². The van der Waals surface area contributed by atoms with E-state index in [0.717, 1.165) is 6.20 Å². The molecule has 1 amide bonds. The minimum absolute atomic E-state index is 0.0128. The molecule has 0 spiro atoms. The van der Waals surface area contributed by atoms with Crippen LogP contribution < -0.4 is 10.9 Å². The van der Waals surface area contributed by atoms with Crippen molar-refractivity contribution in [1.82, 2.24) is 34.7 Å². The van der Waals surface area contributed by atoms with Gasteiger partial charge in [0.15, 0.2) is 11.5 Å². The van der Waals surface area contributed by atoms with E-state index in [2.05, 4.69) is 30.7 Å². The quantitative estimate of drug-likeness (QED) is 0.317. The van der Waals surface area contributed by atoms with Crippen molar-refractivity contribution < 1.29 is 23.1 Å². The molecule has 0 aliphatic heterocycles. The molecule has 0 bridgehead atoms. The maximum Gasteiger partial charge on any atom is 0.434 e. The van der Waals surface area contributed by atoms with Crippen LogP contribution in [0.4, 0.5) is 18.9 Å². The largest absolute Gasteiger partial charge is 0.434 e. The van der Waals surface area contributed by atoms with Gasteiger partial charge in [0.2, 0.25) is 0 Å². The van der Waals surface area contributed by atoms with Crippen LogP contribution in [-0.4, -0.2) is 45.8 Å². The zero-order valence-electron chi connectivity index (χ0n) is 18.4. The molecular weight excluding hydrogens is 517 g/mol. The number of hydrogen-bond acceptors (Lipinski definition) is 7. The van der Waals surface area contributed by atoms with Gasteiger partial charge in [0, 0.05) is 17.0 Å². The number of halogens is 4. The minimum atomic E-state index is -4.97. The van der Waals surface area contributed by atoms with E-state index in [-0.39, 0.29) is 45.3 Å². The van der Waals surface area contributed by atoms with Crippen molar-refractivity contribution >= 4 is 34.0 Å². The number of H-pyrrole nitrogens is 1. The summed E-state index contributed by atoms with van der Waals surface area (Å²) >= 11 is 6.21. The van der Waals surface area contributed by atoms with Crippen molar-refractivity contribution in [2.45, 2.75) is 12.8 Å². The van der Waals surface area contributed by atoms with Crippen molar-refractivity contribution in [3.8, 4) is 11.5 Å². The number of carbonyl (C=O) groups excluding carboxylic acids is 1. The normalized spacial score (nSPS) is 11.7. The van der Waals surface area contributed by atoms with Crippen molar-refractivity contribution in [2.75, 3.05) is 5.32 Å². The average molecular weight is 531 g/mol. The van der Waals surface area contributed by atoms with E-state index in [9.17, 15) is 22.8 Å². The minimum Gasteiger partial charge on any atom is -0.390 e. The molecule has 0 radical (unpaired) electrons. The standard InChI is InChI=1S/C22H14ClF3N8O3/c23-16-6-11(7-28-19(16)33-9-12(10-35)31-32-33)30-21(37)15-8-29-34(18(15)22(24,25)26)17-3-1-2-14-13(17)4-5-27-20(14)36/h1-9,35H,10H2,(H,27,36)(H,30,37). The summed E-state index contributed by atoms with van der Waals surface area (Å²) < 4.78 is 44.3. The Hall–Kier alpha value is -4.56. The predicted molar refractivity (Wildman–Crippen MR) is 125 cm³/mol. The number of alkyl halides is 3. The molecule has 188 valence electrons. The van der Waals surface area contributed by atoms with Crippen molar-refractivity contribution in [3.05, 3.63) is 87.4 Å². The number of carbonyl (C=O) groups is 1. The molecule has 11 nitrogen and oxygen atoms in total. The Morgan fingerprint density at radius 1 is 1.19 bits per heavy atom. The highest BCUT2D eigenvalue weighted by Gasteiger charge is 2.41. The highest BCUT2D eigenvalue weighted by molar-refractivity contribution is 6.32. The van der Waals surface area contributed by atoms with Crippen LogP contribution in [0, 0.1) is 0 Å². The number of hydrogen-bond donors (Lipinski definition) is 3. The van der Waals surface area contributed by atoms with E-state index in [1.807, 2.05) is 0 Å². The summed E-state index contributed by atoms with van der Waals surface area (Å²) in [6.45, 7) is -0.351. The number of aliphatic hydroxyl groups is 1. The summed E-state index contributed by atoms with van der Waals surface area (Å²) in [6.07, 6.45) is -0.308. The maximum atomic E-state index is 14.2. The molecule has 5 rings (SSSR count). The molecule has 0 aliphatic carbocycles. The summed E-state index contributed by atoms with van der Waals surface area (Å²) in [7, 11) is 0. The fraction of sp³-hybridized carbons (Fsp3) is 0.0909.